The van der Waals surface area contributed by atoms with Gasteiger partial charge in [-0.1, -0.05) is 0 Å². The second-order valence-electron chi connectivity index (χ2n) is 7.04. The van der Waals surface area contributed by atoms with Gasteiger partial charge in [-0.05, 0) is 36.4 Å². The Kier molecular flexibility index (Phi) is 7.60. The van der Waals surface area contributed by atoms with Crippen molar-refractivity contribution in [3.63, 3.8) is 0 Å². The van der Waals surface area contributed by atoms with Crippen molar-refractivity contribution in [2.45, 2.75) is 6.10 Å². The van der Waals surface area contributed by atoms with Crippen LogP contribution in [0.25, 0.3) is 0 Å². The maximum absolute atomic E-state index is 12.8. The molecule has 3 rings (SSSR count). The van der Waals surface area contributed by atoms with Crippen LogP contribution >= 0.6 is 0 Å². The number of ether oxygens (including phenoxy) is 6. The second-order valence-corrected chi connectivity index (χ2v) is 7.04. The van der Waals surface area contributed by atoms with Crippen LogP contribution in [0.15, 0.2) is 36.4 Å². The number of rotatable bonds is 10. The van der Waals surface area contributed by atoms with E-state index in [1.165, 1.54) is 45.5 Å². The van der Waals surface area contributed by atoms with Crippen molar-refractivity contribution in [1.82, 2.24) is 4.90 Å². The molecule has 0 saturated carbocycles. The number of ketones is 1. The third kappa shape index (κ3) is 5.46. The molecule has 1 amide bonds. The summed E-state index contributed by atoms with van der Waals surface area (Å²) in [5.41, 5.74) is 0.544. The molecule has 1 aliphatic heterocycles. The van der Waals surface area contributed by atoms with Gasteiger partial charge in [0, 0.05) is 0 Å². The van der Waals surface area contributed by atoms with Gasteiger partial charge in [-0.3, -0.25) is 9.69 Å². The van der Waals surface area contributed by atoms with E-state index < -0.39 is 18.2 Å². The average Bonchev–Trinajstić information content (AvgIpc) is 3.20. The molecule has 0 N–H and O–H groups in total. The van der Waals surface area contributed by atoms with Crippen LogP contribution in [0, 0.1) is 0 Å². The number of benzene rings is 2. The third-order valence-corrected chi connectivity index (χ3v) is 5.01. The standard InChI is InChI=1S/C23H25NO9/c1-28-15-6-8-19(29-2)17(10-15)18(25)12-24-11-16(33-23(24)27)13-32-22(26)14-5-7-20(30-3)21(9-14)31-4/h5-10,16H,11-13H2,1-4H3. The quantitative estimate of drug-likeness (QED) is 0.391. The van der Waals surface area contributed by atoms with Gasteiger partial charge in [0.1, 0.15) is 18.1 Å². The highest BCUT2D eigenvalue weighted by Gasteiger charge is 2.34. The maximum atomic E-state index is 12.8. The van der Waals surface area contributed by atoms with Gasteiger partial charge in [-0.15, -0.1) is 0 Å². The van der Waals surface area contributed by atoms with E-state index in [0.29, 0.717) is 23.0 Å². The summed E-state index contributed by atoms with van der Waals surface area (Å²) in [6.07, 6.45) is -1.38. The first-order valence-corrected chi connectivity index (χ1v) is 10.00. The Morgan fingerprint density at radius 2 is 1.64 bits per heavy atom. The highest BCUT2D eigenvalue weighted by molar-refractivity contribution is 6.01. The number of nitrogens with zero attached hydrogens (tertiary/aromatic N) is 1. The molecule has 0 bridgehead atoms. The van der Waals surface area contributed by atoms with Crippen molar-refractivity contribution in [1.29, 1.82) is 0 Å². The summed E-state index contributed by atoms with van der Waals surface area (Å²) in [6, 6.07) is 9.45. The minimum Gasteiger partial charge on any atom is -0.497 e. The molecule has 1 heterocycles. The van der Waals surface area contributed by atoms with Crippen molar-refractivity contribution in [2.24, 2.45) is 0 Å². The molecule has 33 heavy (non-hydrogen) atoms. The Balaban J connectivity index is 1.58. The highest BCUT2D eigenvalue weighted by atomic mass is 16.6. The summed E-state index contributed by atoms with van der Waals surface area (Å²) >= 11 is 0. The zero-order valence-electron chi connectivity index (χ0n) is 18.8. The lowest BCUT2D eigenvalue weighted by atomic mass is 10.1. The van der Waals surface area contributed by atoms with E-state index in [4.69, 9.17) is 28.4 Å². The van der Waals surface area contributed by atoms with Gasteiger partial charge in [0.15, 0.2) is 23.4 Å². The number of amides is 1. The molecular formula is C23H25NO9. The lowest BCUT2D eigenvalue weighted by molar-refractivity contribution is 0.0300. The van der Waals surface area contributed by atoms with Crippen LogP contribution in [0.5, 0.6) is 23.0 Å². The van der Waals surface area contributed by atoms with Crippen LogP contribution < -0.4 is 18.9 Å². The topological polar surface area (TPSA) is 110 Å². The smallest absolute Gasteiger partial charge is 0.410 e. The molecule has 1 aliphatic rings. The first-order chi connectivity index (χ1) is 15.9. The Morgan fingerprint density at radius 3 is 2.30 bits per heavy atom. The molecule has 1 fully saturated rings. The van der Waals surface area contributed by atoms with Crippen LogP contribution in [0.3, 0.4) is 0 Å². The normalized spacial score (nSPS) is 15.0. The molecule has 1 saturated heterocycles. The Hall–Kier alpha value is -3.95. The van der Waals surface area contributed by atoms with Gasteiger partial charge in [0.2, 0.25) is 0 Å². The lowest BCUT2D eigenvalue weighted by Crippen LogP contribution is -2.32. The molecular weight excluding hydrogens is 434 g/mol. The average molecular weight is 459 g/mol. The van der Waals surface area contributed by atoms with Crippen LogP contribution in [0.1, 0.15) is 20.7 Å². The van der Waals surface area contributed by atoms with Gasteiger partial charge in [-0.25, -0.2) is 9.59 Å². The van der Waals surface area contributed by atoms with Crippen LogP contribution in [0.2, 0.25) is 0 Å². The maximum Gasteiger partial charge on any atom is 0.410 e. The van der Waals surface area contributed by atoms with Gasteiger partial charge in [0.25, 0.3) is 0 Å². The summed E-state index contributed by atoms with van der Waals surface area (Å²) in [7, 11) is 5.89. The van der Waals surface area contributed by atoms with Gasteiger partial charge in [-0.2, -0.15) is 0 Å². The largest absolute Gasteiger partial charge is 0.497 e. The minimum atomic E-state index is -0.707. The minimum absolute atomic E-state index is 0.0933. The molecule has 0 aromatic heterocycles. The van der Waals surface area contributed by atoms with Crippen LogP contribution in [-0.4, -0.2) is 77.0 Å². The van der Waals surface area contributed by atoms with Crippen molar-refractivity contribution in [3.8, 4) is 23.0 Å². The predicted octanol–water partition coefficient (Wildman–Crippen LogP) is 2.58. The van der Waals surface area contributed by atoms with Gasteiger partial charge in [0.05, 0.1) is 52.7 Å². The number of Topliss-reactive ketones (excluding diaryl/α,β-unsaturated/α-hetero) is 1. The second kappa shape index (κ2) is 10.6. The van der Waals surface area contributed by atoms with E-state index in [1.54, 1.807) is 24.3 Å². The number of carbonyl (C=O) groups excluding carboxylic acids is 3. The lowest BCUT2D eigenvalue weighted by Gasteiger charge is -2.14. The van der Waals surface area contributed by atoms with Crippen LogP contribution in [-0.2, 0) is 9.47 Å². The molecule has 1 unspecified atom stereocenters. The van der Waals surface area contributed by atoms with E-state index >= 15 is 0 Å². The summed E-state index contributed by atoms with van der Waals surface area (Å²) in [6.45, 7) is -0.287. The van der Waals surface area contributed by atoms with E-state index in [-0.39, 0.29) is 36.6 Å². The fourth-order valence-electron chi connectivity index (χ4n) is 3.30. The summed E-state index contributed by atoms with van der Waals surface area (Å²) in [5, 5.41) is 0. The SMILES string of the molecule is COc1ccc(OC)c(C(=O)CN2CC(COC(=O)c3ccc(OC)c(OC)c3)OC2=O)c1. The van der Waals surface area contributed by atoms with Gasteiger partial charge >= 0.3 is 12.1 Å². The Labute approximate surface area is 190 Å². The molecule has 10 nitrogen and oxygen atoms in total. The van der Waals surface area contributed by atoms with Gasteiger partial charge < -0.3 is 28.4 Å². The molecule has 176 valence electrons. The fourth-order valence-corrected chi connectivity index (χ4v) is 3.30. The molecule has 2 aromatic carbocycles. The van der Waals surface area contributed by atoms with E-state index in [0.717, 1.165) is 0 Å². The van der Waals surface area contributed by atoms with E-state index in [2.05, 4.69) is 0 Å². The van der Waals surface area contributed by atoms with Crippen LogP contribution in [0.4, 0.5) is 4.79 Å². The summed E-state index contributed by atoms with van der Waals surface area (Å²) in [5.74, 6) is 0.772. The number of hydrogen-bond donors (Lipinski definition) is 0. The predicted molar refractivity (Wildman–Crippen MR) is 116 cm³/mol. The first-order valence-electron chi connectivity index (χ1n) is 10.00. The Bertz CT molecular complexity index is 1040. The van der Waals surface area contributed by atoms with Crippen molar-refractivity contribution >= 4 is 17.8 Å². The fraction of sp³-hybridized carbons (Fsp3) is 0.348. The molecule has 1 atom stereocenters. The van der Waals surface area contributed by atoms with Crippen molar-refractivity contribution in [2.75, 3.05) is 48.1 Å². The van der Waals surface area contributed by atoms with Crippen molar-refractivity contribution < 1.29 is 42.8 Å². The van der Waals surface area contributed by atoms with E-state index in [1.807, 2.05) is 0 Å². The first kappa shape index (κ1) is 23.7. The van der Waals surface area contributed by atoms with Crippen molar-refractivity contribution in [3.05, 3.63) is 47.5 Å². The van der Waals surface area contributed by atoms with E-state index in [9.17, 15) is 14.4 Å². The number of methoxy groups -OCH3 is 4. The number of esters is 1. The molecule has 10 heteroatoms. The molecule has 0 radical (unpaired) electrons. The highest BCUT2D eigenvalue weighted by Crippen LogP contribution is 2.28. The monoisotopic (exact) mass is 459 g/mol. The number of carbonyl (C=O) groups is 3. The zero-order chi connectivity index (χ0) is 24.0. The molecule has 0 spiro atoms. The summed E-state index contributed by atoms with van der Waals surface area (Å²) in [4.78, 5) is 38.6. The summed E-state index contributed by atoms with van der Waals surface area (Å²) < 4.78 is 31.2. The number of cyclic esters (lactones) is 1. The molecule has 2 aromatic rings. The zero-order valence-corrected chi connectivity index (χ0v) is 18.8. The third-order valence-electron chi connectivity index (χ3n) is 5.01. The Morgan fingerprint density at radius 1 is 0.939 bits per heavy atom. The molecule has 0 aliphatic carbocycles. The number of hydrogen-bond acceptors (Lipinski definition) is 9.